The summed E-state index contributed by atoms with van der Waals surface area (Å²) in [6.45, 7) is 9.04. The summed E-state index contributed by atoms with van der Waals surface area (Å²) in [5.41, 5.74) is 1.12. The Hall–Kier alpha value is -1.42. The van der Waals surface area contributed by atoms with Gasteiger partial charge in [0.2, 0.25) is 0 Å². The van der Waals surface area contributed by atoms with Crippen molar-refractivity contribution < 1.29 is 9.53 Å². The second-order valence-corrected chi connectivity index (χ2v) is 6.50. The third-order valence-electron chi connectivity index (χ3n) is 3.81. The molecule has 2 rings (SSSR count). The Bertz CT molecular complexity index is 440. The maximum atomic E-state index is 11.9. The van der Waals surface area contributed by atoms with Crippen LogP contribution in [0.4, 0.5) is 0 Å². The molecule has 1 aliphatic heterocycles. The average molecular weight is 276 g/mol. The second-order valence-electron chi connectivity index (χ2n) is 6.50. The largest absolute Gasteiger partial charge is 0.461 e. The third kappa shape index (κ3) is 4.30. The lowest BCUT2D eigenvalue weighted by Crippen LogP contribution is -2.39. The van der Waals surface area contributed by atoms with Crippen LogP contribution in [0.2, 0.25) is 0 Å². The van der Waals surface area contributed by atoms with Crippen LogP contribution < -0.4 is 0 Å². The van der Waals surface area contributed by atoms with E-state index in [1.54, 1.807) is 12.4 Å². The van der Waals surface area contributed by atoms with E-state index in [1.165, 1.54) is 0 Å². The smallest absolute Gasteiger partial charge is 0.306 e. The van der Waals surface area contributed by atoms with Gasteiger partial charge in [-0.2, -0.15) is 0 Å². The summed E-state index contributed by atoms with van der Waals surface area (Å²) in [5.74, 6) is 0.324. The Labute approximate surface area is 121 Å². The standard InChI is InChI=1S/C16H24N2O2/c1-16(2,3)18-8-6-13(11-18)9-15(19)20-12-14-5-4-7-17-10-14/h4-5,7,10,13H,6,8-9,11-12H2,1-3H3/t13-/m1/s1. The molecule has 0 amide bonds. The van der Waals surface area contributed by atoms with E-state index in [0.717, 1.165) is 25.1 Å². The minimum Gasteiger partial charge on any atom is -0.461 e. The van der Waals surface area contributed by atoms with Crippen LogP contribution >= 0.6 is 0 Å². The monoisotopic (exact) mass is 276 g/mol. The first-order valence-electron chi connectivity index (χ1n) is 7.25. The number of ether oxygens (including phenoxy) is 1. The van der Waals surface area contributed by atoms with E-state index >= 15 is 0 Å². The molecule has 1 fully saturated rings. The molecule has 0 aliphatic carbocycles. The fraction of sp³-hybridized carbons (Fsp3) is 0.625. The van der Waals surface area contributed by atoms with Crippen LogP contribution in [-0.4, -0.2) is 34.5 Å². The summed E-state index contributed by atoms with van der Waals surface area (Å²) in [6, 6.07) is 3.76. The van der Waals surface area contributed by atoms with E-state index < -0.39 is 0 Å². The number of nitrogens with zero attached hydrogens (tertiary/aromatic N) is 2. The highest BCUT2D eigenvalue weighted by Crippen LogP contribution is 2.26. The van der Waals surface area contributed by atoms with Gasteiger partial charge in [0.05, 0.1) is 0 Å². The Balaban J connectivity index is 1.73. The first kappa shape index (κ1) is 15.0. The predicted molar refractivity (Wildman–Crippen MR) is 78.1 cm³/mol. The number of aromatic nitrogens is 1. The van der Waals surface area contributed by atoms with Crippen molar-refractivity contribution in [2.45, 2.75) is 45.8 Å². The lowest BCUT2D eigenvalue weighted by atomic mass is 10.0. The molecule has 0 saturated carbocycles. The summed E-state index contributed by atoms with van der Waals surface area (Å²) in [4.78, 5) is 18.3. The molecule has 0 bridgehead atoms. The molecule has 1 atom stereocenters. The molecule has 1 aromatic rings. The van der Waals surface area contributed by atoms with Crippen molar-refractivity contribution in [3.05, 3.63) is 30.1 Å². The van der Waals surface area contributed by atoms with Crippen molar-refractivity contribution in [1.29, 1.82) is 0 Å². The molecule has 20 heavy (non-hydrogen) atoms. The average Bonchev–Trinajstić information content (AvgIpc) is 2.86. The molecule has 1 aromatic heterocycles. The van der Waals surface area contributed by atoms with Crippen LogP contribution in [0.3, 0.4) is 0 Å². The molecule has 1 saturated heterocycles. The molecule has 2 heterocycles. The van der Waals surface area contributed by atoms with Crippen LogP contribution in [0.25, 0.3) is 0 Å². The molecule has 1 aliphatic rings. The second kappa shape index (κ2) is 6.35. The molecule has 0 unspecified atom stereocenters. The molecule has 0 spiro atoms. The van der Waals surface area contributed by atoms with Gasteiger partial charge in [-0.25, -0.2) is 0 Å². The number of likely N-dealkylation sites (tertiary alicyclic amines) is 1. The summed E-state index contributed by atoms with van der Waals surface area (Å²) >= 11 is 0. The maximum absolute atomic E-state index is 11.9. The molecule has 4 heteroatoms. The van der Waals surface area contributed by atoms with Gasteiger partial charge in [-0.05, 0) is 45.7 Å². The lowest BCUT2D eigenvalue weighted by molar-refractivity contribution is -0.146. The van der Waals surface area contributed by atoms with Crippen molar-refractivity contribution in [1.82, 2.24) is 9.88 Å². The minimum absolute atomic E-state index is 0.102. The Morgan fingerprint density at radius 1 is 1.50 bits per heavy atom. The number of pyridine rings is 1. The van der Waals surface area contributed by atoms with Crippen molar-refractivity contribution in [2.24, 2.45) is 5.92 Å². The van der Waals surface area contributed by atoms with Gasteiger partial charge in [0.1, 0.15) is 6.61 Å². The molecular formula is C16H24N2O2. The van der Waals surface area contributed by atoms with Crippen LogP contribution in [0.5, 0.6) is 0 Å². The van der Waals surface area contributed by atoms with E-state index in [4.69, 9.17) is 4.74 Å². The highest BCUT2D eigenvalue weighted by molar-refractivity contribution is 5.69. The Morgan fingerprint density at radius 2 is 2.30 bits per heavy atom. The van der Waals surface area contributed by atoms with Gasteiger partial charge >= 0.3 is 5.97 Å². The molecule has 110 valence electrons. The predicted octanol–water partition coefficient (Wildman–Crippen LogP) is 2.64. The fourth-order valence-electron chi connectivity index (χ4n) is 2.55. The van der Waals surface area contributed by atoms with Gasteiger partial charge < -0.3 is 4.74 Å². The lowest BCUT2D eigenvalue weighted by Gasteiger charge is -2.31. The summed E-state index contributed by atoms with van der Waals surface area (Å²) in [6.07, 6.45) is 5.04. The Morgan fingerprint density at radius 3 is 2.90 bits per heavy atom. The quantitative estimate of drug-likeness (QED) is 0.793. The molecular weight excluding hydrogens is 252 g/mol. The Kier molecular flexibility index (Phi) is 4.76. The molecule has 4 nitrogen and oxygen atoms in total. The fourth-order valence-corrected chi connectivity index (χ4v) is 2.55. The molecule has 0 N–H and O–H groups in total. The van der Waals surface area contributed by atoms with Gasteiger partial charge in [-0.1, -0.05) is 6.07 Å². The zero-order valence-corrected chi connectivity index (χ0v) is 12.6. The van der Waals surface area contributed by atoms with Crippen molar-refractivity contribution >= 4 is 5.97 Å². The zero-order valence-electron chi connectivity index (χ0n) is 12.6. The van der Waals surface area contributed by atoms with Gasteiger partial charge in [0.15, 0.2) is 0 Å². The van der Waals surface area contributed by atoms with Gasteiger partial charge in [0.25, 0.3) is 0 Å². The summed E-state index contributed by atoms with van der Waals surface area (Å²) in [7, 11) is 0. The van der Waals surface area contributed by atoms with Crippen LogP contribution in [0.15, 0.2) is 24.5 Å². The molecule has 0 aromatic carbocycles. The van der Waals surface area contributed by atoms with Gasteiger partial charge in [-0.3, -0.25) is 14.7 Å². The van der Waals surface area contributed by atoms with Gasteiger partial charge in [-0.15, -0.1) is 0 Å². The first-order valence-corrected chi connectivity index (χ1v) is 7.25. The number of carbonyl (C=O) groups is 1. The SMILES string of the molecule is CC(C)(C)N1CC[C@H](CC(=O)OCc2cccnc2)C1. The minimum atomic E-state index is -0.102. The van der Waals surface area contributed by atoms with Crippen LogP contribution in [-0.2, 0) is 16.1 Å². The summed E-state index contributed by atoms with van der Waals surface area (Å²) in [5, 5.41) is 0. The first-order chi connectivity index (χ1) is 9.45. The van der Waals surface area contributed by atoms with Crippen molar-refractivity contribution in [3.8, 4) is 0 Å². The van der Waals surface area contributed by atoms with Gasteiger partial charge in [0, 0.05) is 36.5 Å². The van der Waals surface area contributed by atoms with Crippen molar-refractivity contribution in [3.63, 3.8) is 0 Å². The number of rotatable bonds is 4. The highest BCUT2D eigenvalue weighted by Gasteiger charge is 2.31. The van der Waals surface area contributed by atoms with E-state index in [-0.39, 0.29) is 11.5 Å². The normalized spacial score (nSPS) is 20.1. The van der Waals surface area contributed by atoms with E-state index in [1.807, 2.05) is 12.1 Å². The number of hydrogen-bond acceptors (Lipinski definition) is 4. The van der Waals surface area contributed by atoms with Crippen LogP contribution in [0.1, 0.15) is 39.2 Å². The number of hydrogen-bond donors (Lipinski definition) is 0. The van der Waals surface area contributed by atoms with E-state index in [9.17, 15) is 4.79 Å². The molecule has 0 radical (unpaired) electrons. The van der Waals surface area contributed by atoms with Crippen LogP contribution in [0, 0.1) is 5.92 Å². The maximum Gasteiger partial charge on any atom is 0.306 e. The zero-order chi connectivity index (χ0) is 14.6. The number of esters is 1. The van der Waals surface area contributed by atoms with Crippen molar-refractivity contribution in [2.75, 3.05) is 13.1 Å². The topological polar surface area (TPSA) is 42.4 Å². The number of carbonyl (C=O) groups excluding carboxylic acids is 1. The third-order valence-corrected chi connectivity index (χ3v) is 3.81. The summed E-state index contributed by atoms with van der Waals surface area (Å²) < 4.78 is 5.31. The van der Waals surface area contributed by atoms with E-state index in [2.05, 4.69) is 30.7 Å². The van der Waals surface area contributed by atoms with E-state index in [0.29, 0.717) is 18.9 Å². The highest BCUT2D eigenvalue weighted by atomic mass is 16.5.